The predicted octanol–water partition coefficient (Wildman–Crippen LogP) is 3.15. The minimum atomic E-state index is 0.0377. The number of thiazole rings is 1. The third-order valence-electron chi connectivity index (χ3n) is 3.15. The molecule has 0 bridgehead atoms. The molecule has 0 saturated carbocycles. The third kappa shape index (κ3) is 6.00. The number of anilines is 2. The molecule has 2 aromatic rings. The zero-order valence-electron chi connectivity index (χ0n) is 14.1. The normalized spacial score (nSPS) is 11.0. The molecule has 1 amide bonds. The van der Waals surface area contributed by atoms with Crippen LogP contribution in [0.15, 0.2) is 29.6 Å². The van der Waals surface area contributed by atoms with Gasteiger partial charge in [0.15, 0.2) is 5.13 Å². The molecule has 5 nitrogen and oxygen atoms in total. The van der Waals surface area contributed by atoms with Gasteiger partial charge in [0.25, 0.3) is 0 Å². The highest BCUT2D eigenvalue weighted by Gasteiger charge is 2.10. The van der Waals surface area contributed by atoms with Crippen LogP contribution in [0.5, 0.6) is 0 Å². The fourth-order valence-corrected chi connectivity index (χ4v) is 2.86. The van der Waals surface area contributed by atoms with Crippen LogP contribution in [0.2, 0.25) is 0 Å². The van der Waals surface area contributed by atoms with Crippen molar-refractivity contribution in [1.82, 2.24) is 15.2 Å². The Kier molecular flexibility index (Phi) is 6.12. The average Bonchev–Trinajstić information content (AvgIpc) is 2.87. The summed E-state index contributed by atoms with van der Waals surface area (Å²) in [7, 11) is 1.92. The van der Waals surface area contributed by atoms with Crippen LogP contribution in [0, 0.1) is 6.92 Å². The smallest absolute Gasteiger partial charge is 0.234 e. The molecule has 1 aromatic heterocycles. The molecule has 0 unspecified atom stereocenters. The molecule has 1 aromatic carbocycles. The van der Waals surface area contributed by atoms with Gasteiger partial charge in [-0.1, -0.05) is 17.7 Å². The summed E-state index contributed by atoms with van der Waals surface area (Å²) < 4.78 is 0. The Labute approximate surface area is 141 Å². The quantitative estimate of drug-likeness (QED) is 0.818. The van der Waals surface area contributed by atoms with Gasteiger partial charge >= 0.3 is 0 Å². The Morgan fingerprint density at radius 1 is 1.30 bits per heavy atom. The van der Waals surface area contributed by atoms with Crippen LogP contribution in [-0.4, -0.2) is 35.4 Å². The first-order valence-electron chi connectivity index (χ1n) is 7.68. The molecule has 1 heterocycles. The zero-order chi connectivity index (χ0) is 16.8. The number of hydrogen-bond donors (Lipinski definition) is 2. The molecule has 0 atom stereocenters. The van der Waals surface area contributed by atoms with E-state index in [9.17, 15) is 4.79 Å². The van der Waals surface area contributed by atoms with Crippen molar-refractivity contribution < 1.29 is 4.79 Å². The van der Waals surface area contributed by atoms with E-state index in [0.29, 0.717) is 13.1 Å². The van der Waals surface area contributed by atoms with Crippen molar-refractivity contribution in [2.75, 3.05) is 18.9 Å². The molecule has 0 spiro atoms. The molecule has 0 fully saturated rings. The molecule has 23 heavy (non-hydrogen) atoms. The number of rotatable bonds is 7. The van der Waals surface area contributed by atoms with E-state index in [1.807, 2.05) is 43.3 Å². The minimum Gasteiger partial charge on any atom is -0.353 e. The van der Waals surface area contributed by atoms with Gasteiger partial charge in [0.05, 0.1) is 12.2 Å². The number of carbonyl (C=O) groups excluding carboxylic acids is 1. The summed E-state index contributed by atoms with van der Waals surface area (Å²) in [6.07, 6.45) is 0. The van der Waals surface area contributed by atoms with E-state index in [1.165, 1.54) is 5.56 Å². The molecule has 0 aliphatic rings. The van der Waals surface area contributed by atoms with Crippen molar-refractivity contribution in [2.24, 2.45) is 0 Å². The number of amides is 1. The van der Waals surface area contributed by atoms with E-state index >= 15 is 0 Å². The first-order chi connectivity index (χ1) is 10.9. The van der Waals surface area contributed by atoms with Crippen molar-refractivity contribution in [3.63, 3.8) is 0 Å². The topological polar surface area (TPSA) is 57.3 Å². The highest BCUT2D eigenvalue weighted by molar-refractivity contribution is 7.13. The Morgan fingerprint density at radius 2 is 2.00 bits per heavy atom. The number of nitrogens with zero attached hydrogens (tertiary/aromatic N) is 2. The third-order valence-corrected chi connectivity index (χ3v) is 3.96. The zero-order valence-corrected chi connectivity index (χ0v) is 14.9. The highest BCUT2D eigenvalue weighted by atomic mass is 32.1. The first-order valence-corrected chi connectivity index (χ1v) is 8.56. The van der Waals surface area contributed by atoms with Crippen LogP contribution in [0.3, 0.4) is 0 Å². The van der Waals surface area contributed by atoms with Gasteiger partial charge < -0.3 is 10.6 Å². The summed E-state index contributed by atoms with van der Waals surface area (Å²) in [4.78, 5) is 18.3. The number of aryl methyl sites for hydroxylation is 1. The van der Waals surface area contributed by atoms with Crippen molar-refractivity contribution in [3.05, 3.63) is 40.9 Å². The fraction of sp³-hybridized carbons (Fsp3) is 0.412. The van der Waals surface area contributed by atoms with E-state index in [0.717, 1.165) is 16.5 Å². The second-order valence-corrected chi connectivity index (χ2v) is 6.89. The molecule has 0 radical (unpaired) electrons. The summed E-state index contributed by atoms with van der Waals surface area (Å²) in [5.41, 5.74) is 3.22. The van der Waals surface area contributed by atoms with Gasteiger partial charge in [-0.2, -0.15) is 0 Å². The number of carbonyl (C=O) groups is 1. The molecule has 0 aliphatic carbocycles. The van der Waals surface area contributed by atoms with E-state index < -0.39 is 0 Å². The maximum atomic E-state index is 11.7. The second-order valence-electron chi connectivity index (χ2n) is 6.03. The number of nitrogens with one attached hydrogen (secondary N) is 2. The summed E-state index contributed by atoms with van der Waals surface area (Å²) >= 11 is 1.57. The van der Waals surface area contributed by atoms with Crippen molar-refractivity contribution in [3.8, 4) is 0 Å². The van der Waals surface area contributed by atoms with Gasteiger partial charge in [0.1, 0.15) is 0 Å². The van der Waals surface area contributed by atoms with Crippen molar-refractivity contribution >= 4 is 28.1 Å². The molecule has 0 aliphatic heterocycles. The summed E-state index contributed by atoms with van der Waals surface area (Å²) in [6.45, 7) is 7.01. The summed E-state index contributed by atoms with van der Waals surface area (Å²) in [5, 5.41) is 9.08. The highest BCUT2D eigenvalue weighted by Crippen LogP contribution is 2.21. The van der Waals surface area contributed by atoms with Crippen LogP contribution >= 0.6 is 11.3 Å². The van der Waals surface area contributed by atoms with Gasteiger partial charge in [-0.05, 0) is 40.0 Å². The number of likely N-dealkylation sites (N-methyl/N-ethyl adjacent to an activating group) is 1. The Morgan fingerprint density at radius 3 is 2.65 bits per heavy atom. The lowest BCUT2D eigenvalue weighted by Crippen LogP contribution is -2.38. The predicted molar refractivity (Wildman–Crippen MR) is 96.2 cm³/mol. The Balaban J connectivity index is 1.86. The number of hydrogen-bond acceptors (Lipinski definition) is 5. The van der Waals surface area contributed by atoms with Gasteiger partial charge in [-0.25, -0.2) is 4.98 Å². The van der Waals surface area contributed by atoms with Crippen LogP contribution in [0.25, 0.3) is 0 Å². The van der Waals surface area contributed by atoms with Crippen LogP contribution in [-0.2, 0) is 11.3 Å². The molecule has 6 heteroatoms. The van der Waals surface area contributed by atoms with E-state index in [1.54, 1.807) is 11.3 Å². The summed E-state index contributed by atoms with van der Waals surface area (Å²) in [6, 6.07) is 8.38. The first kappa shape index (κ1) is 17.4. The lowest BCUT2D eigenvalue weighted by Gasteiger charge is -2.16. The average molecular weight is 332 g/mol. The Hall–Kier alpha value is -1.92. The van der Waals surface area contributed by atoms with Gasteiger partial charge in [-0.3, -0.25) is 9.69 Å². The molecule has 124 valence electrons. The van der Waals surface area contributed by atoms with Crippen LogP contribution in [0.4, 0.5) is 10.8 Å². The lowest BCUT2D eigenvalue weighted by atomic mass is 10.2. The van der Waals surface area contributed by atoms with Gasteiger partial charge in [0.2, 0.25) is 5.91 Å². The molecule has 0 saturated heterocycles. The van der Waals surface area contributed by atoms with Crippen LogP contribution in [0.1, 0.15) is 25.1 Å². The fourth-order valence-electron chi connectivity index (χ4n) is 2.14. The van der Waals surface area contributed by atoms with Crippen molar-refractivity contribution in [2.45, 2.75) is 33.4 Å². The standard InChI is InChI=1S/C17H24N4OS/c1-12(2)18-16(22)10-21(4)9-15-11-23-17(20-15)19-14-7-5-13(3)6-8-14/h5-8,11-12H,9-10H2,1-4H3,(H,18,22)(H,19,20). The Bertz CT molecular complexity index is 636. The van der Waals surface area contributed by atoms with Crippen molar-refractivity contribution in [1.29, 1.82) is 0 Å². The molecule has 2 rings (SSSR count). The van der Waals surface area contributed by atoms with Gasteiger partial charge in [-0.15, -0.1) is 11.3 Å². The second kappa shape index (κ2) is 8.08. The SMILES string of the molecule is Cc1ccc(Nc2nc(CN(C)CC(=O)NC(C)C)cs2)cc1. The monoisotopic (exact) mass is 332 g/mol. The molecule has 2 N–H and O–H groups in total. The minimum absolute atomic E-state index is 0.0377. The van der Waals surface area contributed by atoms with E-state index in [2.05, 4.69) is 34.7 Å². The molecular weight excluding hydrogens is 308 g/mol. The summed E-state index contributed by atoms with van der Waals surface area (Å²) in [5.74, 6) is 0.0377. The van der Waals surface area contributed by atoms with Gasteiger partial charge in [0, 0.05) is 23.7 Å². The lowest BCUT2D eigenvalue weighted by molar-refractivity contribution is -0.122. The van der Waals surface area contributed by atoms with E-state index in [-0.39, 0.29) is 11.9 Å². The van der Waals surface area contributed by atoms with E-state index in [4.69, 9.17) is 0 Å². The van der Waals surface area contributed by atoms with Crippen LogP contribution < -0.4 is 10.6 Å². The maximum Gasteiger partial charge on any atom is 0.234 e. The maximum absolute atomic E-state index is 11.7. The molecular formula is C17H24N4OS. The number of benzene rings is 1. The largest absolute Gasteiger partial charge is 0.353 e. The number of aromatic nitrogens is 1.